The quantitative estimate of drug-likeness (QED) is 0.883. The van der Waals surface area contributed by atoms with Crippen molar-refractivity contribution in [3.8, 4) is 0 Å². The standard InChI is InChI=1S/C12H16N2O2.ClH/c15-12(16)9-4-5-10-6-13-11(14(10)7-9)8-2-1-3-8;/h6,8-9H,1-5,7H2,(H,15,16);1H. The average molecular weight is 257 g/mol. The molecule has 17 heavy (non-hydrogen) atoms. The third kappa shape index (κ3) is 2.06. The molecule has 1 aliphatic heterocycles. The number of aromatic nitrogens is 2. The molecule has 94 valence electrons. The van der Waals surface area contributed by atoms with E-state index in [9.17, 15) is 4.79 Å². The van der Waals surface area contributed by atoms with Gasteiger partial charge >= 0.3 is 5.97 Å². The smallest absolute Gasteiger partial charge is 0.308 e. The van der Waals surface area contributed by atoms with E-state index in [1.165, 1.54) is 25.0 Å². The zero-order chi connectivity index (χ0) is 11.1. The molecule has 3 rings (SSSR count). The second-order valence-corrected chi connectivity index (χ2v) is 4.92. The van der Waals surface area contributed by atoms with Crippen LogP contribution in [-0.4, -0.2) is 20.6 Å². The molecule has 4 nitrogen and oxygen atoms in total. The fourth-order valence-electron chi connectivity index (χ4n) is 2.67. The van der Waals surface area contributed by atoms with Crippen LogP contribution in [0.1, 0.15) is 43.1 Å². The first-order chi connectivity index (χ1) is 7.75. The molecule has 0 amide bonds. The van der Waals surface area contributed by atoms with Crippen LogP contribution in [-0.2, 0) is 17.8 Å². The van der Waals surface area contributed by atoms with Gasteiger partial charge in [-0.3, -0.25) is 4.79 Å². The Morgan fingerprint density at radius 3 is 2.76 bits per heavy atom. The highest BCUT2D eigenvalue weighted by atomic mass is 35.5. The van der Waals surface area contributed by atoms with Crippen LogP contribution < -0.4 is 0 Å². The Kier molecular flexibility index (Phi) is 3.43. The van der Waals surface area contributed by atoms with Gasteiger partial charge in [-0.25, -0.2) is 4.98 Å². The molecule has 0 radical (unpaired) electrons. The van der Waals surface area contributed by atoms with E-state index in [2.05, 4.69) is 9.55 Å². The van der Waals surface area contributed by atoms with E-state index < -0.39 is 5.97 Å². The number of hydrogen-bond donors (Lipinski definition) is 1. The Morgan fingerprint density at radius 1 is 1.41 bits per heavy atom. The number of nitrogens with zero attached hydrogens (tertiary/aromatic N) is 2. The number of rotatable bonds is 2. The number of fused-ring (bicyclic) bond motifs is 1. The molecular formula is C12H17ClN2O2. The van der Waals surface area contributed by atoms with E-state index in [0.29, 0.717) is 12.5 Å². The lowest BCUT2D eigenvalue weighted by Gasteiger charge is -2.29. The average Bonchev–Trinajstić information content (AvgIpc) is 2.59. The van der Waals surface area contributed by atoms with Crippen molar-refractivity contribution < 1.29 is 9.90 Å². The van der Waals surface area contributed by atoms with Crippen molar-refractivity contribution in [3.05, 3.63) is 17.7 Å². The summed E-state index contributed by atoms with van der Waals surface area (Å²) in [6.07, 6.45) is 7.27. The molecule has 0 bridgehead atoms. The van der Waals surface area contributed by atoms with Crippen LogP contribution in [0.15, 0.2) is 6.20 Å². The Balaban J connectivity index is 0.00000108. The molecule has 1 aromatic heterocycles. The first kappa shape index (κ1) is 12.4. The van der Waals surface area contributed by atoms with Crippen LogP contribution in [0.3, 0.4) is 0 Å². The number of halogens is 1. The summed E-state index contributed by atoms with van der Waals surface area (Å²) in [5, 5.41) is 9.07. The Hall–Kier alpha value is -1.03. The van der Waals surface area contributed by atoms with Gasteiger partial charge in [0, 0.05) is 24.4 Å². The number of carbonyl (C=O) groups is 1. The normalized spacial score (nSPS) is 23.4. The first-order valence-electron chi connectivity index (χ1n) is 6.03. The number of imidazole rings is 1. The third-order valence-corrected chi connectivity index (χ3v) is 3.94. The molecule has 0 aromatic carbocycles. The van der Waals surface area contributed by atoms with Crippen LogP contribution in [0.4, 0.5) is 0 Å². The summed E-state index contributed by atoms with van der Waals surface area (Å²) >= 11 is 0. The van der Waals surface area contributed by atoms with Crippen molar-refractivity contribution in [1.29, 1.82) is 0 Å². The minimum Gasteiger partial charge on any atom is -0.481 e. The highest BCUT2D eigenvalue weighted by molar-refractivity contribution is 5.85. The Bertz CT molecular complexity index is 426. The lowest BCUT2D eigenvalue weighted by atomic mass is 9.84. The van der Waals surface area contributed by atoms with Crippen molar-refractivity contribution in [3.63, 3.8) is 0 Å². The van der Waals surface area contributed by atoms with Crippen molar-refractivity contribution in [2.45, 2.75) is 44.6 Å². The van der Waals surface area contributed by atoms with Gasteiger partial charge in [0.05, 0.1) is 5.92 Å². The van der Waals surface area contributed by atoms with Gasteiger partial charge in [-0.2, -0.15) is 0 Å². The molecule has 1 saturated carbocycles. The summed E-state index contributed by atoms with van der Waals surface area (Å²) in [6.45, 7) is 0.622. The van der Waals surface area contributed by atoms with Crippen molar-refractivity contribution in [1.82, 2.24) is 9.55 Å². The van der Waals surface area contributed by atoms with Crippen LogP contribution in [0, 0.1) is 5.92 Å². The van der Waals surface area contributed by atoms with Crippen LogP contribution in [0.2, 0.25) is 0 Å². The van der Waals surface area contributed by atoms with Gasteiger partial charge in [-0.1, -0.05) is 6.42 Å². The SMILES string of the molecule is Cl.O=C(O)C1CCc2cnc(C3CCC3)n2C1. The van der Waals surface area contributed by atoms with E-state index in [-0.39, 0.29) is 18.3 Å². The number of aliphatic carboxylic acids is 1. The third-order valence-electron chi connectivity index (χ3n) is 3.94. The van der Waals surface area contributed by atoms with Gasteiger partial charge < -0.3 is 9.67 Å². The van der Waals surface area contributed by atoms with E-state index in [4.69, 9.17) is 5.11 Å². The van der Waals surface area contributed by atoms with Crippen LogP contribution >= 0.6 is 12.4 Å². The van der Waals surface area contributed by atoms with E-state index in [1.54, 1.807) is 0 Å². The highest BCUT2D eigenvalue weighted by Gasteiger charge is 2.30. The summed E-state index contributed by atoms with van der Waals surface area (Å²) in [5.74, 6) is 0.827. The molecule has 1 aromatic rings. The zero-order valence-electron chi connectivity index (χ0n) is 9.63. The molecule has 2 aliphatic rings. The summed E-state index contributed by atoms with van der Waals surface area (Å²) in [5.41, 5.74) is 1.22. The van der Waals surface area contributed by atoms with Crippen molar-refractivity contribution in [2.75, 3.05) is 0 Å². The van der Waals surface area contributed by atoms with Crippen LogP contribution in [0.5, 0.6) is 0 Å². The van der Waals surface area contributed by atoms with Crippen LogP contribution in [0.25, 0.3) is 0 Å². The predicted octanol–water partition coefficient (Wildman–Crippen LogP) is 2.22. The largest absolute Gasteiger partial charge is 0.481 e. The van der Waals surface area contributed by atoms with E-state index >= 15 is 0 Å². The summed E-state index contributed by atoms with van der Waals surface area (Å²) < 4.78 is 2.16. The number of carboxylic acids is 1. The summed E-state index contributed by atoms with van der Waals surface area (Å²) in [4.78, 5) is 15.5. The molecule has 1 atom stereocenters. The van der Waals surface area contributed by atoms with Gasteiger partial charge in [0.1, 0.15) is 5.82 Å². The number of aryl methyl sites for hydroxylation is 1. The molecule has 1 fully saturated rings. The number of carboxylic acid groups (broad SMARTS) is 1. The predicted molar refractivity (Wildman–Crippen MR) is 65.5 cm³/mol. The van der Waals surface area contributed by atoms with Gasteiger partial charge in [0.2, 0.25) is 0 Å². The topological polar surface area (TPSA) is 55.1 Å². The summed E-state index contributed by atoms with van der Waals surface area (Å²) in [7, 11) is 0. The second-order valence-electron chi connectivity index (χ2n) is 4.92. The fourth-order valence-corrected chi connectivity index (χ4v) is 2.67. The minimum absolute atomic E-state index is 0. The molecule has 1 N–H and O–H groups in total. The van der Waals surface area contributed by atoms with Crippen molar-refractivity contribution in [2.24, 2.45) is 5.92 Å². The Labute approximate surface area is 106 Å². The Morgan fingerprint density at radius 2 is 2.18 bits per heavy atom. The molecular weight excluding hydrogens is 240 g/mol. The monoisotopic (exact) mass is 256 g/mol. The van der Waals surface area contributed by atoms with Gasteiger partial charge in [0.15, 0.2) is 0 Å². The molecule has 0 spiro atoms. The highest BCUT2D eigenvalue weighted by Crippen LogP contribution is 2.37. The minimum atomic E-state index is -0.668. The van der Waals surface area contributed by atoms with Gasteiger partial charge in [-0.05, 0) is 25.7 Å². The second kappa shape index (κ2) is 4.69. The van der Waals surface area contributed by atoms with Crippen molar-refractivity contribution >= 4 is 18.4 Å². The van der Waals surface area contributed by atoms with E-state index in [1.807, 2.05) is 6.20 Å². The lowest BCUT2D eigenvalue weighted by Crippen LogP contribution is -2.28. The molecule has 2 heterocycles. The van der Waals surface area contributed by atoms with Gasteiger partial charge in [-0.15, -0.1) is 12.4 Å². The zero-order valence-corrected chi connectivity index (χ0v) is 10.4. The maximum Gasteiger partial charge on any atom is 0.308 e. The molecule has 0 saturated heterocycles. The lowest BCUT2D eigenvalue weighted by molar-refractivity contribution is -0.142. The number of hydrogen-bond acceptors (Lipinski definition) is 2. The fraction of sp³-hybridized carbons (Fsp3) is 0.667. The maximum atomic E-state index is 11.0. The molecule has 5 heteroatoms. The summed E-state index contributed by atoms with van der Waals surface area (Å²) in [6, 6.07) is 0. The molecule has 1 aliphatic carbocycles. The molecule has 1 unspecified atom stereocenters. The first-order valence-corrected chi connectivity index (χ1v) is 6.03. The van der Waals surface area contributed by atoms with Gasteiger partial charge in [0.25, 0.3) is 0 Å². The maximum absolute atomic E-state index is 11.0. The van der Waals surface area contributed by atoms with E-state index in [0.717, 1.165) is 18.7 Å².